The van der Waals surface area contributed by atoms with Gasteiger partial charge in [0.2, 0.25) is 5.78 Å². The van der Waals surface area contributed by atoms with Crippen molar-refractivity contribution in [1.82, 2.24) is 0 Å². The third kappa shape index (κ3) is 6.34. The topological polar surface area (TPSA) is 136 Å². The third-order valence-corrected chi connectivity index (χ3v) is 6.25. The monoisotopic (exact) mass is 468 g/mol. The Morgan fingerprint density at radius 1 is 1.03 bits per heavy atom. The first-order chi connectivity index (χ1) is 15.7. The van der Waals surface area contributed by atoms with Crippen molar-refractivity contribution in [3.05, 3.63) is 11.8 Å². The molecule has 3 atom stereocenters. The van der Waals surface area contributed by atoms with Crippen LogP contribution in [0.15, 0.2) is 11.8 Å². The first-order valence-corrected chi connectivity index (χ1v) is 12.0. The number of rotatable bonds is 15. The van der Waals surface area contributed by atoms with Gasteiger partial charge in [-0.25, -0.2) is 4.79 Å². The second-order valence-corrected chi connectivity index (χ2v) is 8.86. The number of hydrogen-bond donors (Lipinski definition) is 2. The molecule has 186 valence electrons. The van der Waals surface area contributed by atoms with Crippen molar-refractivity contribution >= 4 is 23.7 Å². The summed E-state index contributed by atoms with van der Waals surface area (Å²) < 4.78 is 16.4. The van der Waals surface area contributed by atoms with E-state index in [1.54, 1.807) is 0 Å². The Morgan fingerprint density at radius 3 is 2.27 bits per heavy atom. The number of carbonyl (C=O) groups excluding carboxylic acids is 2. The summed E-state index contributed by atoms with van der Waals surface area (Å²) in [6, 6.07) is 0. The largest absolute Gasteiger partial charge is 0.481 e. The van der Waals surface area contributed by atoms with E-state index in [1.807, 2.05) is 6.92 Å². The molecule has 0 bridgehead atoms. The SMILES string of the molecule is CCCCCCCCCC1=CO[C@]2(C[C@H](C(=O)O)[C@@](CC(=O)O)(C(=O)OCCCC)O2)C1=O. The molecule has 0 aliphatic carbocycles. The van der Waals surface area contributed by atoms with Crippen molar-refractivity contribution < 1.29 is 43.6 Å². The summed E-state index contributed by atoms with van der Waals surface area (Å²) in [5, 5.41) is 19.2. The van der Waals surface area contributed by atoms with E-state index in [0.29, 0.717) is 18.4 Å². The highest BCUT2D eigenvalue weighted by Crippen LogP contribution is 2.50. The second-order valence-electron chi connectivity index (χ2n) is 8.86. The number of carboxylic acids is 2. The summed E-state index contributed by atoms with van der Waals surface area (Å²) in [6.45, 7) is 4.03. The lowest BCUT2D eigenvalue weighted by Gasteiger charge is -2.30. The molecule has 2 heterocycles. The number of unbranched alkanes of at least 4 members (excludes halogenated alkanes) is 7. The number of esters is 1. The summed E-state index contributed by atoms with van der Waals surface area (Å²) in [4.78, 5) is 49.6. The smallest absolute Gasteiger partial charge is 0.340 e. The van der Waals surface area contributed by atoms with Gasteiger partial charge in [-0.05, 0) is 19.3 Å². The van der Waals surface area contributed by atoms with Gasteiger partial charge < -0.3 is 24.4 Å². The fourth-order valence-corrected chi connectivity index (χ4v) is 4.37. The van der Waals surface area contributed by atoms with Gasteiger partial charge in [0.15, 0.2) is 5.60 Å². The predicted octanol–water partition coefficient (Wildman–Crippen LogP) is 3.98. The highest BCUT2D eigenvalue weighted by molar-refractivity contribution is 6.04. The molecule has 1 saturated heterocycles. The Hall–Kier alpha value is -2.42. The van der Waals surface area contributed by atoms with Crippen LogP contribution in [0.5, 0.6) is 0 Å². The molecule has 9 nitrogen and oxygen atoms in total. The number of ether oxygens (including phenoxy) is 3. The number of hydrogen-bond acceptors (Lipinski definition) is 7. The van der Waals surface area contributed by atoms with E-state index in [4.69, 9.17) is 14.2 Å². The maximum atomic E-state index is 13.1. The fraction of sp³-hybridized carbons (Fsp3) is 0.750. The molecule has 0 amide bonds. The first-order valence-electron chi connectivity index (χ1n) is 12.0. The zero-order chi connectivity index (χ0) is 24.5. The van der Waals surface area contributed by atoms with Crippen molar-refractivity contribution in [2.75, 3.05) is 6.61 Å². The summed E-state index contributed by atoms with van der Waals surface area (Å²) in [5.41, 5.74) is -1.98. The van der Waals surface area contributed by atoms with Gasteiger partial charge in [-0.1, -0.05) is 58.8 Å². The van der Waals surface area contributed by atoms with Crippen LogP contribution < -0.4 is 0 Å². The highest BCUT2D eigenvalue weighted by atomic mass is 16.7. The molecular formula is C24H36O9. The van der Waals surface area contributed by atoms with Crippen LogP contribution in [0.4, 0.5) is 0 Å². The maximum absolute atomic E-state index is 13.1. The number of carboxylic acid groups (broad SMARTS) is 2. The zero-order valence-electron chi connectivity index (χ0n) is 19.6. The lowest BCUT2D eigenvalue weighted by molar-refractivity contribution is -0.226. The molecule has 1 spiro atoms. The average molecular weight is 469 g/mol. The summed E-state index contributed by atoms with van der Waals surface area (Å²) in [6.07, 6.45) is 9.05. The number of carbonyl (C=O) groups is 4. The molecule has 0 saturated carbocycles. The molecule has 0 radical (unpaired) electrons. The lowest BCUT2D eigenvalue weighted by Crippen LogP contribution is -2.51. The van der Waals surface area contributed by atoms with Gasteiger partial charge in [0.1, 0.15) is 5.92 Å². The maximum Gasteiger partial charge on any atom is 0.340 e. The van der Waals surface area contributed by atoms with E-state index in [9.17, 15) is 29.4 Å². The van der Waals surface area contributed by atoms with E-state index in [-0.39, 0.29) is 6.61 Å². The predicted molar refractivity (Wildman–Crippen MR) is 117 cm³/mol. The third-order valence-electron chi connectivity index (χ3n) is 6.25. The van der Waals surface area contributed by atoms with E-state index in [2.05, 4.69) is 6.92 Å². The van der Waals surface area contributed by atoms with Crippen LogP contribution in [0.2, 0.25) is 0 Å². The molecular weight excluding hydrogens is 432 g/mol. The van der Waals surface area contributed by atoms with E-state index < -0.39 is 53.8 Å². The minimum absolute atomic E-state index is 0.00401. The molecule has 0 aromatic heterocycles. The number of ketones is 1. The second kappa shape index (κ2) is 12.2. The molecule has 0 unspecified atom stereocenters. The van der Waals surface area contributed by atoms with Crippen molar-refractivity contribution in [2.45, 2.75) is 102 Å². The van der Waals surface area contributed by atoms with Gasteiger partial charge in [-0.2, -0.15) is 0 Å². The van der Waals surface area contributed by atoms with Gasteiger partial charge in [0.05, 0.1) is 19.3 Å². The van der Waals surface area contributed by atoms with E-state index in [0.717, 1.165) is 32.1 Å². The fourth-order valence-electron chi connectivity index (χ4n) is 4.37. The molecule has 2 aliphatic rings. The molecule has 0 aromatic carbocycles. The van der Waals surface area contributed by atoms with Gasteiger partial charge in [-0.3, -0.25) is 14.4 Å². The Bertz CT molecular complexity index is 759. The average Bonchev–Trinajstić information content (AvgIpc) is 3.25. The highest BCUT2D eigenvalue weighted by Gasteiger charge is 2.69. The van der Waals surface area contributed by atoms with Gasteiger partial charge >= 0.3 is 17.9 Å². The number of Topliss-reactive ketones (excluding diaryl/α,β-unsaturated/α-hetero) is 1. The minimum Gasteiger partial charge on any atom is -0.481 e. The molecule has 33 heavy (non-hydrogen) atoms. The Balaban J connectivity index is 2.11. The van der Waals surface area contributed by atoms with Crippen LogP contribution in [0, 0.1) is 5.92 Å². The van der Waals surface area contributed by atoms with Gasteiger partial charge in [0.25, 0.3) is 5.79 Å². The van der Waals surface area contributed by atoms with E-state index >= 15 is 0 Å². The molecule has 2 aliphatic heterocycles. The number of aliphatic carboxylic acids is 2. The molecule has 2 rings (SSSR count). The molecule has 2 N–H and O–H groups in total. The lowest BCUT2D eigenvalue weighted by atomic mass is 9.82. The van der Waals surface area contributed by atoms with Gasteiger partial charge in [0, 0.05) is 12.0 Å². The van der Waals surface area contributed by atoms with Crippen molar-refractivity contribution in [3.8, 4) is 0 Å². The Morgan fingerprint density at radius 2 is 1.67 bits per heavy atom. The summed E-state index contributed by atoms with van der Waals surface area (Å²) in [7, 11) is 0. The standard InChI is InChI=1S/C24H36O9/c1-3-5-7-8-9-10-11-12-17-16-32-24(20(17)27)14-18(21(28)29)23(33-24,15-19(25)26)22(30)31-13-6-4-2/h16,18H,3-15H2,1-2H3,(H,25,26)(H,28,29)/t18-,23+,24+/m1/s1. The van der Waals surface area contributed by atoms with Crippen LogP contribution >= 0.6 is 0 Å². The van der Waals surface area contributed by atoms with Crippen LogP contribution in [0.3, 0.4) is 0 Å². The van der Waals surface area contributed by atoms with E-state index in [1.165, 1.54) is 25.5 Å². The molecule has 0 aromatic rings. The zero-order valence-corrected chi connectivity index (χ0v) is 19.6. The quantitative estimate of drug-likeness (QED) is 0.270. The van der Waals surface area contributed by atoms with Crippen molar-refractivity contribution in [2.24, 2.45) is 5.92 Å². The molecule has 1 fully saturated rings. The van der Waals surface area contributed by atoms with Gasteiger partial charge in [-0.15, -0.1) is 0 Å². The van der Waals surface area contributed by atoms with Crippen LogP contribution in [0.25, 0.3) is 0 Å². The van der Waals surface area contributed by atoms with Crippen LogP contribution in [-0.4, -0.2) is 51.9 Å². The van der Waals surface area contributed by atoms with Crippen molar-refractivity contribution in [3.63, 3.8) is 0 Å². The molecule has 9 heteroatoms. The van der Waals surface area contributed by atoms with Crippen molar-refractivity contribution in [1.29, 1.82) is 0 Å². The first kappa shape index (κ1) is 26.8. The Labute approximate surface area is 194 Å². The minimum atomic E-state index is -2.34. The summed E-state index contributed by atoms with van der Waals surface area (Å²) in [5.74, 6) is -8.14. The Kier molecular flexibility index (Phi) is 9.88. The summed E-state index contributed by atoms with van der Waals surface area (Å²) >= 11 is 0. The van der Waals surface area contributed by atoms with Crippen LogP contribution in [0.1, 0.15) is 90.9 Å². The van der Waals surface area contributed by atoms with Crippen LogP contribution in [-0.2, 0) is 33.4 Å². The normalized spacial score (nSPS) is 26.3.